The number of anilines is 2. The van der Waals surface area contributed by atoms with E-state index in [0.29, 0.717) is 12.4 Å². The number of nitrogens with one attached hydrogen (secondary N) is 1. The Morgan fingerprint density at radius 3 is 3.00 bits per heavy atom. The highest BCUT2D eigenvalue weighted by Gasteiger charge is 2.03. The fourth-order valence-electron chi connectivity index (χ4n) is 1.51. The third kappa shape index (κ3) is 3.11. The van der Waals surface area contributed by atoms with Crippen LogP contribution in [0.25, 0.3) is 0 Å². The number of rotatable bonds is 4. The largest absolute Gasteiger partial charge is 0.494 e. The van der Waals surface area contributed by atoms with E-state index in [1.54, 1.807) is 6.20 Å². The molecule has 18 heavy (non-hydrogen) atoms. The zero-order valence-electron chi connectivity index (χ0n) is 10.3. The molecular weight excluding hydrogens is 250 g/mol. The summed E-state index contributed by atoms with van der Waals surface area (Å²) in [7, 11) is 0. The molecule has 1 heterocycles. The van der Waals surface area contributed by atoms with Crippen molar-refractivity contribution in [2.75, 3.05) is 11.9 Å². The van der Waals surface area contributed by atoms with Crippen molar-refractivity contribution in [1.82, 2.24) is 9.97 Å². The van der Waals surface area contributed by atoms with Gasteiger partial charge in [-0.1, -0.05) is 6.07 Å². The van der Waals surface area contributed by atoms with Crippen LogP contribution in [0.4, 0.5) is 11.5 Å². The number of aryl methyl sites for hydroxylation is 1. The van der Waals surface area contributed by atoms with Gasteiger partial charge in [0, 0.05) is 23.5 Å². The second-order valence-electron chi connectivity index (χ2n) is 3.76. The van der Waals surface area contributed by atoms with Crippen LogP contribution in [0.3, 0.4) is 0 Å². The van der Waals surface area contributed by atoms with Crippen LogP contribution >= 0.6 is 11.6 Å². The maximum atomic E-state index is 5.78. The number of ether oxygens (including phenoxy) is 1. The average Bonchev–Trinajstić information content (AvgIpc) is 2.35. The van der Waals surface area contributed by atoms with Crippen molar-refractivity contribution in [3.63, 3.8) is 0 Å². The molecule has 0 saturated heterocycles. The van der Waals surface area contributed by atoms with Crippen molar-refractivity contribution >= 4 is 23.1 Å². The Balaban J connectivity index is 2.22. The highest BCUT2D eigenvalue weighted by atomic mass is 35.5. The third-order valence-electron chi connectivity index (χ3n) is 2.35. The van der Waals surface area contributed by atoms with Crippen molar-refractivity contribution in [2.45, 2.75) is 13.8 Å². The molecular formula is C13H14ClN3O. The number of aromatic nitrogens is 2. The van der Waals surface area contributed by atoms with Crippen LogP contribution in [-0.4, -0.2) is 16.6 Å². The second-order valence-corrected chi connectivity index (χ2v) is 4.09. The topological polar surface area (TPSA) is 47.0 Å². The lowest BCUT2D eigenvalue weighted by molar-refractivity contribution is 0.340. The predicted molar refractivity (Wildman–Crippen MR) is 72.7 cm³/mol. The maximum absolute atomic E-state index is 5.78. The normalized spacial score (nSPS) is 10.2. The van der Waals surface area contributed by atoms with Gasteiger partial charge >= 0.3 is 0 Å². The molecule has 0 aliphatic rings. The molecule has 5 heteroatoms. The van der Waals surface area contributed by atoms with Crippen LogP contribution in [0.2, 0.25) is 5.28 Å². The van der Waals surface area contributed by atoms with E-state index in [-0.39, 0.29) is 5.28 Å². The minimum absolute atomic E-state index is 0.226. The molecule has 0 bridgehead atoms. The third-order valence-corrected chi connectivity index (χ3v) is 2.53. The van der Waals surface area contributed by atoms with Gasteiger partial charge < -0.3 is 10.1 Å². The summed E-state index contributed by atoms with van der Waals surface area (Å²) in [6.07, 6.45) is 1.68. The SMILES string of the molecule is CCOc1cccc(Nc2nc(Cl)ncc2C)c1. The maximum Gasteiger partial charge on any atom is 0.224 e. The van der Waals surface area contributed by atoms with Crippen molar-refractivity contribution in [1.29, 1.82) is 0 Å². The summed E-state index contributed by atoms with van der Waals surface area (Å²) in [6, 6.07) is 7.69. The van der Waals surface area contributed by atoms with Crippen molar-refractivity contribution in [3.8, 4) is 5.75 Å². The van der Waals surface area contributed by atoms with Crippen LogP contribution < -0.4 is 10.1 Å². The Bertz CT molecular complexity index is 546. The van der Waals surface area contributed by atoms with Gasteiger partial charge in [-0.3, -0.25) is 0 Å². The molecule has 1 N–H and O–H groups in total. The van der Waals surface area contributed by atoms with Crippen LogP contribution in [0, 0.1) is 6.92 Å². The molecule has 0 amide bonds. The van der Waals surface area contributed by atoms with E-state index >= 15 is 0 Å². The summed E-state index contributed by atoms with van der Waals surface area (Å²) in [5.41, 5.74) is 1.83. The van der Waals surface area contributed by atoms with E-state index < -0.39 is 0 Å². The smallest absolute Gasteiger partial charge is 0.224 e. The Labute approximate surface area is 111 Å². The first kappa shape index (κ1) is 12.6. The molecule has 2 rings (SSSR count). The Morgan fingerprint density at radius 1 is 1.39 bits per heavy atom. The highest BCUT2D eigenvalue weighted by Crippen LogP contribution is 2.22. The first-order chi connectivity index (χ1) is 8.69. The summed E-state index contributed by atoms with van der Waals surface area (Å²) in [6.45, 7) is 4.52. The Morgan fingerprint density at radius 2 is 2.22 bits per heavy atom. The van der Waals surface area contributed by atoms with Gasteiger partial charge in [0.2, 0.25) is 5.28 Å². The van der Waals surface area contributed by atoms with E-state index in [1.165, 1.54) is 0 Å². The first-order valence-corrected chi connectivity index (χ1v) is 6.06. The molecule has 1 aromatic heterocycles. The van der Waals surface area contributed by atoms with Gasteiger partial charge in [-0.25, -0.2) is 9.97 Å². The molecule has 0 aliphatic carbocycles. The fourth-order valence-corrected chi connectivity index (χ4v) is 1.65. The molecule has 0 fully saturated rings. The standard InChI is InChI=1S/C13H14ClN3O/c1-3-18-11-6-4-5-10(7-11)16-12-9(2)8-15-13(14)17-12/h4-8H,3H2,1-2H3,(H,15,16,17). The number of halogens is 1. The average molecular weight is 264 g/mol. The zero-order valence-corrected chi connectivity index (χ0v) is 11.0. The lowest BCUT2D eigenvalue weighted by Crippen LogP contribution is -1.99. The molecule has 0 atom stereocenters. The number of hydrogen-bond donors (Lipinski definition) is 1. The number of nitrogens with zero attached hydrogens (tertiary/aromatic N) is 2. The highest BCUT2D eigenvalue weighted by molar-refractivity contribution is 6.28. The summed E-state index contributed by atoms with van der Waals surface area (Å²) in [4.78, 5) is 8.06. The van der Waals surface area contributed by atoms with Crippen molar-refractivity contribution < 1.29 is 4.74 Å². The molecule has 0 aliphatic heterocycles. The Hall–Kier alpha value is -1.81. The van der Waals surface area contributed by atoms with Gasteiger partial charge in [0.1, 0.15) is 11.6 Å². The van der Waals surface area contributed by atoms with Crippen LogP contribution in [0.5, 0.6) is 5.75 Å². The van der Waals surface area contributed by atoms with Crippen molar-refractivity contribution in [2.24, 2.45) is 0 Å². The van der Waals surface area contributed by atoms with Crippen LogP contribution in [0.15, 0.2) is 30.5 Å². The molecule has 0 saturated carbocycles. The van der Waals surface area contributed by atoms with Gasteiger partial charge in [-0.2, -0.15) is 0 Å². The zero-order chi connectivity index (χ0) is 13.0. The first-order valence-electron chi connectivity index (χ1n) is 5.68. The monoisotopic (exact) mass is 263 g/mol. The van der Waals surface area contributed by atoms with Gasteiger partial charge in [0.25, 0.3) is 0 Å². The second kappa shape index (κ2) is 5.69. The molecule has 1 aromatic carbocycles. The molecule has 4 nitrogen and oxygen atoms in total. The van der Waals surface area contributed by atoms with Gasteiger partial charge in [-0.15, -0.1) is 0 Å². The van der Waals surface area contributed by atoms with Crippen LogP contribution in [-0.2, 0) is 0 Å². The molecule has 2 aromatic rings. The summed E-state index contributed by atoms with van der Waals surface area (Å²) in [5, 5.41) is 3.42. The molecule has 0 radical (unpaired) electrons. The Kier molecular flexibility index (Phi) is 3.99. The number of hydrogen-bond acceptors (Lipinski definition) is 4. The van der Waals surface area contributed by atoms with Crippen LogP contribution in [0.1, 0.15) is 12.5 Å². The summed E-state index contributed by atoms with van der Waals surface area (Å²) in [5.74, 6) is 1.52. The summed E-state index contributed by atoms with van der Waals surface area (Å²) < 4.78 is 5.44. The predicted octanol–water partition coefficient (Wildman–Crippen LogP) is 3.58. The van der Waals surface area contributed by atoms with Crippen molar-refractivity contribution in [3.05, 3.63) is 41.3 Å². The van der Waals surface area contributed by atoms with E-state index in [1.807, 2.05) is 38.1 Å². The van der Waals surface area contributed by atoms with Gasteiger partial charge in [0.15, 0.2) is 0 Å². The van der Waals surface area contributed by atoms with E-state index in [4.69, 9.17) is 16.3 Å². The van der Waals surface area contributed by atoms with Gasteiger partial charge in [0.05, 0.1) is 6.61 Å². The number of benzene rings is 1. The molecule has 0 unspecified atom stereocenters. The molecule has 94 valence electrons. The van der Waals surface area contributed by atoms with Gasteiger partial charge in [-0.05, 0) is 37.6 Å². The van der Waals surface area contributed by atoms with E-state index in [9.17, 15) is 0 Å². The van der Waals surface area contributed by atoms with E-state index in [2.05, 4.69) is 15.3 Å². The lowest BCUT2D eigenvalue weighted by Gasteiger charge is -2.10. The minimum atomic E-state index is 0.226. The quantitative estimate of drug-likeness (QED) is 0.857. The fraction of sp³-hybridized carbons (Fsp3) is 0.231. The summed E-state index contributed by atoms with van der Waals surface area (Å²) >= 11 is 5.78. The van der Waals surface area contributed by atoms with E-state index in [0.717, 1.165) is 17.0 Å². The minimum Gasteiger partial charge on any atom is -0.494 e. The molecule has 0 spiro atoms. The lowest BCUT2D eigenvalue weighted by atomic mass is 10.3.